The van der Waals surface area contributed by atoms with Gasteiger partial charge < -0.3 is 5.32 Å². The minimum absolute atomic E-state index is 0.165. The average molecular weight is 223 g/mol. The Morgan fingerprint density at radius 1 is 1.20 bits per heavy atom. The molecule has 1 aromatic carbocycles. The van der Waals surface area contributed by atoms with Crippen LogP contribution in [0, 0.1) is 0 Å². The van der Waals surface area contributed by atoms with Crippen molar-refractivity contribution >= 4 is 17.3 Å². The Labute approximate surface area is 96.2 Å². The van der Waals surface area contributed by atoms with Crippen LogP contribution in [-0.4, -0.2) is 12.2 Å². The number of hydrogen-bond donors (Lipinski definition) is 3. The highest BCUT2D eigenvalue weighted by atomic mass is 32.1. The number of hydrazine groups is 1. The van der Waals surface area contributed by atoms with E-state index in [0.717, 1.165) is 0 Å². The molecular formula is C11H17N3S. The van der Waals surface area contributed by atoms with Crippen LogP contribution in [0.1, 0.15) is 19.4 Å². The largest absolute Gasteiger partial charge is 0.365 e. The summed E-state index contributed by atoms with van der Waals surface area (Å²) in [4.78, 5) is 0. The first-order valence-corrected chi connectivity index (χ1v) is 5.27. The van der Waals surface area contributed by atoms with Crippen LogP contribution in [0.2, 0.25) is 0 Å². The summed E-state index contributed by atoms with van der Waals surface area (Å²) in [6.07, 6.45) is 0. The molecule has 0 bridgehead atoms. The third kappa shape index (κ3) is 3.49. The van der Waals surface area contributed by atoms with Gasteiger partial charge in [0.25, 0.3) is 0 Å². The predicted molar refractivity (Wildman–Crippen MR) is 67.4 cm³/mol. The van der Waals surface area contributed by atoms with Crippen molar-refractivity contribution in [2.75, 3.05) is 7.05 Å². The molecule has 0 spiro atoms. The van der Waals surface area contributed by atoms with Gasteiger partial charge >= 0.3 is 0 Å². The molecule has 0 heterocycles. The zero-order valence-electron chi connectivity index (χ0n) is 9.29. The summed E-state index contributed by atoms with van der Waals surface area (Å²) in [5.74, 6) is 0. The normalized spacial score (nSPS) is 10.9. The zero-order valence-corrected chi connectivity index (χ0v) is 10.1. The van der Waals surface area contributed by atoms with E-state index in [1.54, 1.807) is 7.05 Å². The van der Waals surface area contributed by atoms with E-state index in [1.807, 2.05) is 18.2 Å². The van der Waals surface area contributed by atoms with E-state index >= 15 is 0 Å². The highest BCUT2D eigenvalue weighted by molar-refractivity contribution is 7.80. The van der Waals surface area contributed by atoms with Crippen molar-refractivity contribution in [3.8, 4) is 0 Å². The van der Waals surface area contributed by atoms with E-state index in [9.17, 15) is 0 Å². The quantitative estimate of drug-likeness (QED) is 0.536. The first-order chi connectivity index (χ1) is 7.06. The Bertz CT molecular complexity index is 322. The Morgan fingerprint density at radius 2 is 1.80 bits per heavy atom. The molecule has 0 amide bonds. The van der Waals surface area contributed by atoms with Crippen molar-refractivity contribution < 1.29 is 0 Å². The van der Waals surface area contributed by atoms with Gasteiger partial charge in [0, 0.05) is 7.05 Å². The number of thiocarbonyl (C=S) groups is 1. The van der Waals surface area contributed by atoms with Crippen molar-refractivity contribution in [2.24, 2.45) is 0 Å². The Kier molecular flexibility index (Phi) is 4.05. The van der Waals surface area contributed by atoms with Crippen LogP contribution in [0.5, 0.6) is 0 Å². The summed E-state index contributed by atoms with van der Waals surface area (Å²) < 4.78 is 0. The van der Waals surface area contributed by atoms with Gasteiger partial charge in [0.2, 0.25) is 0 Å². The number of hydrogen-bond acceptors (Lipinski definition) is 2. The van der Waals surface area contributed by atoms with Crippen LogP contribution >= 0.6 is 12.2 Å². The maximum absolute atomic E-state index is 4.99. The lowest BCUT2D eigenvalue weighted by atomic mass is 9.95. The molecule has 0 aromatic heterocycles. The van der Waals surface area contributed by atoms with Gasteiger partial charge in [0.1, 0.15) is 0 Å². The molecule has 0 aliphatic heterocycles. The Hall–Kier alpha value is -1.13. The highest BCUT2D eigenvalue weighted by Gasteiger charge is 2.19. The molecule has 1 rings (SSSR count). The SMILES string of the molecule is CNC(=S)NNC(C)(C)c1ccccc1. The van der Waals surface area contributed by atoms with E-state index < -0.39 is 0 Å². The van der Waals surface area contributed by atoms with Crippen molar-refractivity contribution in [1.82, 2.24) is 16.2 Å². The first kappa shape index (κ1) is 11.9. The van der Waals surface area contributed by atoms with Crippen LogP contribution < -0.4 is 16.2 Å². The first-order valence-electron chi connectivity index (χ1n) is 4.86. The fourth-order valence-corrected chi connectivity index (χ4v) is 1.25. The maximum Gasteiger partial charge on any atom is 0.180 e. The molecule has 0 aliphatic carbocycles. The second-order valence-electron chi connectivity index (χ2n) is 3.82. The summed E-state index contributed by atoms with van der Waals surface area (Å²) in [5.41, 5.74) is 7.15. The number of nitrogens with one attached hydrogen (secondary N) is 3. The van der Waals surface area contributed by atoms with Crippen LogP contribution in [0.25, 0.3) is 0 Å². The monoisotopic (exact) mass is 223 g/mol. The lowest BCUT2D eigenvalue weighted by molar-refractivity contribution is 0.380. The third-order valence-corrected chi connectivity index (χ3v) is 2.52. The summed E-state index contributed by atoms with van der Waals surface area (Å²) in [6, 6.07) is 10.2. The summed E-state index contributed by atoms with van der Waals surface area (Å²) in [6.45, 7) is 4.18. The lowest BCUT2D eigenvalue weighted by Gasteiger charge is -2.27. The predicted octanol–water partition coefficient (Wildman–Crippen LogP) is 1.52. The van der Waals surface area contributed by atoms with Crippen LogP contribution in [-0.2, 0) is 5.54 Å². The molecule has 3 nitrogen and oxygen atoms in total. The Balaban J connectivity index is 2.63. The molecule has 0 atom stereocenters. The van der Waals surface area contributed by atoms with Crippen molar-refractivity contribution in [3.05, 3.63) is 35.9 Å². The second-order valence-corrected chi connectivity index (χ2v) is 4.23. The molecule has 0 saturated carbocycles. The van der Waals surface area contributed by atoms with Gasteiger partial charge in [-0.05, 0) is 31.6 Å². The van der Waals surface area contributed by atoms with Gasteiger partial charge in [-0.2, -0.15) is 0 Å². The van der Waals surface area contributed by atoms with E-state index in [2.05, 4.69) is 42.1 Å². The molecule has 3 N–H and O–H groups in total. The Morgan fingerprint density at radius 3 is 2.33 bits per heavy atom. The van der Waals surface area contributed by atoms with Crippen LogP contribution in [0.3, 0.4) is 0 Å². The van der Waals surface area contributed by atoms with Gasteiger partial charge in [-0.15, -0.1) is 0 Å². The molecule has 15 heavy (non-hydrogen) atoms. The minimum Gasteiger partial charge on any atom is -0.365 e. The van der Waals surface area contributed by atoms with Crippen molar-refractivity contribution in [3.63, 3.8) is 0 Å². The molecule has 0 unspecified atom stereocenters. The van der Waals surface area contributed by atoms with Gasteiger partial charge in [-0.1, -0.05) is 30.3 Å². The molecule has 0 aliphatic rings. The molecule has 0 fully saturated rings. The third-order valence-electron chi connectivity index (χ3n) is 2.21. The van der Waals surface area contributed by atoms with E-state index in [0.29, 0.717) is 5.11 Å². The zero-order chi connectivity index (χ0) is 11.3. The smallest absolute Gasteiger partial charge is 0.180 e. The number of benzene rings is 1. The fraction of sp³-hybridized carbons (Fsp3) is 0.364. The van der Waals surface area contributed by atoms with Gasteiger partial charge in [0.15, 0.2) is 5.11 Å². The molecule has 82 valence electrons. The standard InChI is InChI=1S/C11H17N3S/c1-11(2,14-13-10(15)12-3)9-7-5-4-6-8-9/h4-8,14H,1-3H3,(H2,12,13,15). The lowest BCUT2D eigenvalue weighted by Crippen LogP contribution is -2.51. The average Bonchev–Trinajstić information content (AvgIpc) is 2.27. The molecule has 4 heteroatoms. The molecular weight excluding hydrogens is 206 g/mol. The van der Waals surface area contributed by atoms with E-state index in [1.165, 1.54) is 5.56 Å². The highest BCUT2D eigenvalue weighted by Crippen LogP contribution is 2.17. The molecule has 0 radical (unpaired) electrons. The fourth-order valence-electron chi connectivity index (χ4n) is 1.20. The summed E-state index contributed by atoms with van der Waals surface area (Å²) in [7, 11) is 1.78. The molecule has 1 aromatic rings. The van der Waals surface area contributed by atoms with Crippen LogP contribution in [0.4, 0.5) is 0 Å². The minimum atomic E-state index is -0.165. The second kappa shape index (κ2) is 5.09. The van der Waals surface area contributed by atoms with Gasteiger partial charge in [-0.3, -0.25) is 5.43 Å². The van der Waals surface area contributed by atoms with E-state index in [4.69, 9.17) is 12.2 Å². The van der Waals surface area contributed by atoms with Crippen molar-refractivity contribution in [2.45, 2.75) is 19.4 Å². The van der Waals surface area contributed by atoms with Crippen molar-refractivity contribution in [1.29, 1.82) is 0 Å². The topological polar surface area (TPSA) is 36.1 Å². The maximum atomic E-state index is 4.99. The number of rotatable bonds is 3. The van der Waals surface area contributed by atoms with Gasteiger partial charge in [0.05, 0.1) is 5.54 Å². The van der Waals surface area contributed by atoms with E-state index in [-0.39, 0.29) is 5.54 Å². The van der Waals surface area contributed by atoms with Gasteiger partial charge in [-0.25, -0.2) is 5.43 Å². The molecule has 0 saturated heterocycles. The summed E-state index contributed by atoms with van der Waals surface area (Å²) >= 11 is 4.99. The van der Waals surface area contributed by atoms with Crippen LogP contribution in [0.15, 0.2) is 30.3 Å². The summed E-state index contributed by atoms with van der Waals surface area (Å²) in [5, 5.41) is 3.43.